The van der Waals surface area contributed by atoms with Crippen molar-refractivity contribution in [1.82, 2.24) is 10.2 Å². The normalized spacial score (nSPS) is 16.5. The van der Waals surface area contributed by atoms with Crippen LogP contribution in [0.25, 0.3) is 0 Å². The maximum Gasteiger partial charge on any atom is 0.261 e. The fraction of sp³-hybridized carbons (Fsp3) is 0.643. The number of hydrogen-bond acceptors (Lipinski definition) is 3. The van der Waals surface area contributed by atoms with Gasteiger partial charge in [-0.05, 0) is 73.4 Å². The molecule has 1 saturated heterocycles. The van der Waals surface area contributed by atoms with E-state index in [9.17, 15) is 4.79 Å². The second-order valence-electron chi connectivity index (χ2n) is 5.08. The summed E-state index contributed by atoms with van der Waals surface area (Å²) in [7, 11) is 0. The standard InChI is InChI=1S/C14H21BrN2OS/c1-11-10-12(19-13(11)15)14(18)16-6-5-9-17-7-3-2-4-8-17/h10H,2-9H2,1H3,(H,16,18). The molecule has 19 heavy (non-hydrogen) atoms. The molecule has 1 aromatic heterocycles. The maximum atomic E-state index is 11.9. The molecule has 0 spiro atoms. The predicted octanol–water partition coefficient (Wildman–Crippen LogP) is 3.42. The average molecular weight is 345 g/mol. The van der Waals surface area contributed by atoms with E-state index in [-0.39, 0.29) is 5.91 Å². The quantitative estimate of drug-likeness (QED) is 0.830. The van der Waals surface area contributed by atoms with Crippen LogP contribution >= 0.6 is 27.3 Å². The molecular weight excluding hydrogens is 324 g/mol. The van der Waals surface area contributed by atoms with Crippen LogP contribution in [0, 0.1) is 6.92 Å². The minimum absolute atomic E-state index is 0.0532. The van der Waals surface area contributed by atoms with E-state index < -0.39 is 0 Å². The van der Waals surface area contributed by atoms with Crippen molar-refractivity contribution >= 4 is 33.2 Å². The van der Waals surface area contributed by atoms with Gasteiger partial charge >= 0.3 is 0 Å². The van der Waals surface area contributed by atoms with Crippen LogP contribution in [-0.4, -0.2) is 37.0 Å². The number of amides is 1. The minimum Gasteiger partial charge on any atom is -0.351 e. The first-order chi connectivity index (χ1) is 9.16. The van der Waals surface area contributed by atoms with Crippen molar-refractivity contribution in [3.63, 3.8) is 0 Å². The predicted molar refractivity (Wildman–Crippen MR) is 84.0 cm³/mol. The summed E-state index contributed by atoms with van der Waals surface area (Å²) in [5, 5.41) is 3.00. The topological polar surface area (TPSA) is 32.3 Å². The highest BCUT2D eigenvalue weighted by Crippen LogP contribution is 2.27. The molecule has 106 valence electrons. The first kappa shape index (κ1) is 15.0. The molecule has 1 aliphatic heterocycles. The number of likely N-dealkylation sites (tertiary alicyclic amines) is 1. The lowest BCUT2D eigenvalue weighted by Crippen LogP contribution is -2.33. The van der Waals surface area contributed by atoms with Gasteiger partial charge in [0, 0.05) is 6.54 Å². The van der Waals surface area contributed by atoms with Gasteiger partial charge in [-0.3, -0.25) is 4.79 Å². The number of carbonyl (C=O) groups excluding carboxylic acids is 1. The number of halogens is 1. The average Bonchev–Trinajstić information content (AvgIpc) is 2.76. The van der Waals surface area contributed by atoms with Gasteiger partial charge in [0.25, 0.3) is 5.91 Å². The molecule has 0 aromatic carbocycles. The summed E-state index contributed by atoms with van der Waals surface area (Å²) in [5.41, 5.74) is 1.13. The molecule has 1 fully saturated rings. The Morgan fingerprint density at radius 2 is 2.16 bits per heavy atom. The Kier molecular flexibility index (Phi) is 5.85. The molecule has 2 rings (SSSR count). The Labute approximate surface area is 127 Å². The number of rotatable bonds is 5. The molecule has 0 aliphatic carbocycles. The second kappa shape index (κ2) is 7.41. The third kappa shape index (κ3) is 4.58. The van der Waals surface area contributed by atoms with E-state index in [1.165, 1.54) is 43.7 Å². The van der Waals surface area contributed by atoms with Gasteiger partial charge in [-0.1, -0.05) is 6.42 Å². The van der Waals surface area contributed by atoms with Crippen LogP contribution in [0.1, 0.15) is 40.9 Å². The SMILES string of the molecule is Cc1cc(C(=O)NCCCN2CCCCC2)sc1Br. The lowest BCUT2D eigenvalue weighted by atomic mass is 10.1. The number of hydrogen-bond donors (Lipinski definition) is 1. The molecule has 1 aliphatic rings. The van der Waals surface area contributed by atoms with Crippen molar-refractivity contribution in [3.05, 3.63) is 20.3 Å². The zero-order chi connectivity index (χ0) is 13.7. The molecule has 0 saturated carbocycles. The van der Waals surface area contributed by atoms with Crippen molar-refractivity contribution in [2.24, 2.45) is 0 Å². The molecule has 0 radical (unpaired) electrons. The van der Waals surface area contributed by atoms with Crippen LogP contribution in [0.4, 0.5) is 0 Å². The highest BCUT2D eigenvalue weighted by atomic mass is 79.9. The lowest BCUT2D eigenvalue weighted by molar-refractivity contribution is 0.0955. The van der Waals surface area contributed by atoms with E-state index in [0.29, 0.717) is 0 Å². The first-order valence-corrected chi connectivity index (χ1v) is 8.54. The Hall–Kier alpha value is -0.390. The van der Waals surface area contributed by atoms with Gasteiger partial charge in [0.05, 0.1) is 8.66 Å². The fourth-order valence-corrected chi connectivity index (χ4v) is 3.80. The van der Waals surface area contributed by atoms with Crippen molar-refractivity contribution < 1.29 is 4.79 Å². The summed E-state index contributed by atoms with van der Waals surface area (Å²) in [4.78, 5) is 15.2. The molecule has 0 bridgehead atoms. The molecule has 0 atom stereocenters. The third-order valence-corrected chi connectivity index (χ3v) is 5.60. The number of nitrogens with one attached hydrogen (secondary N) is 1. The Balaban J connectivity index is 1.66. The van der Waals surface area contributed by atoms with E-state index in [0.717, 1.165) is 33.7 Å². The van der Waals surface area contributed by atoms with Crippen molar-refractivity contribution in [2.75, 3.05) is 26.2 Å². The first-order valence-electron chi connectivity index (χ1n) is 6.93. The summed E-state index contributed by atoms with van der Waals surface area (Å²) < 4.78 is 1.05. The highest BCUT2D eigenvalue weighted by Gasteiger charge is 2.12. The van der Waals surface area contributed by atoms with Crippen molar-refractivity contribution in [2.45, 2.75) is 32.6 Å². The van der Waals surface area contributed by atoms with Gasteiger partial charge in [0.1, 0.15) is 0 Å². The van der Waals surface area contributed by atoms with E-state index >= 15 is 0 Å². The number of aryl methyl sites for hydroxylation is 1. The van der Waals surface area contributed by atoms with Crippen molar-refractivity contribution in [3.8, 4) is 0 Å². The van der Waals surface area contributed by atoms with Crippen LogP contribution in [-0.2, 0) is 0 Å². The lowest BCUT2D eigenvalue weighted by Gasteiger charge is -2.26. The largest absolute Gasteiger partial charge is 0.351 e. The number of nitrogens with zero attached hydrogens (tertiary/aromatic N) is 1. The van der Waals surface area contributed by atoms with Gasteiger partial charge in [-0.25, -0.2) is 0 Å². The van der Waals surface area contributed by atoms with Gasteiger partial charge in [-0.2, -0.15) is 0 Å². The number of piperidine rings is 1. The molecule has 1 N–H and O–H groups in total. The van der Waals surface area contributed by atoms with Gasteiger partial charge in [0.15, 0.2) is 0 Å². The molecule has 0 unspecified atom stereocenters. The van der Waals surface area contributed by atoms with Crippen LogP contribution in [0.5, 0.6) is 0 Å². The van der Waals surface area contributed by atoms with Crippen LogP contribution in [0.3, 0.4) is 0 Å². The molecule has 2 heterocycles. The van der Waals surface area contributed by atoms with E-state index in [4.69, 9.17) is 0 Å². The Morgan fingerprint density at radius 1 is 1.42 bits per heavy atom. The zero-order valence-electron chi connectivity index (χ0n) is 11.4. The maximum absolute atomic E-state index is 11.9. The van der Waals surface area contributed by atoms with Crippen LogP contribution in [0.2, 0.25) is 0 Å². The monoisotopic (exact) mass is 344 g/mol. The Morgan fingerprint density at radius 3 is 2.79 bits per heavy atom. The molecule has 3 nitrogen and oxygen atoms in total. The molecule has 1 amide bonds. The number of carbonyl (C=O) groups is 1. The zero-order valence-corrected chi connectivity index (χ0v) is 13.8. The van der Waals surface area contributed by atoms with Gasteiger partial charge in [-0.15, -0.1) is 11.3 Å². The van der Waals surface area contributed by atoms with E-state index in [1.807, 2.05) is 13.0 Å². The van der Waals surface area contributed by atoms with Gasteiger partial charge in [0.2, 0.25) is 0 Å². The van der Waals surface area contributed by atoms with Crippen LogP contribution < -0.4 is 5.32 Å². The summed E-state index contributed by atoms with van der Waals surface area (Å²) >= 11 is 4.95. The smallest absolute Gasteiger partial charge is 0.261 e. The molecular formula is C14H21BrN2OS. The second-order valence-corrected chi connectivity index (χ2v) is 7.45. The minimum atomic E-state index is 0.0532. The number of thiophene rings is 1. The highest BCUT2D eigenvalue weighted by molar-refractivity contribution is 9.11. The molecule has 5 heteroatoms. The summed E-state index contributed by atoms with van der Waals surface area (Å²) in [6, 6.07) is 1.94. The van der Waals surface area contributed by atoms with Crippen LogP contribution in [0.15, 0.2) is 9.85 Å². The summed E-state index contributed by atoms with van der Waals surface area (Å²) in [5.74, 6) is 0.0532. The van der Waals surface area contributed by atoms with Crippen molar-refractivity contribution in [1.29, 1.82) is 0 Å². The van der Waals surface area contributed by atoms with Gasteiger partial charge < -0.3 is 10.2 Å². The van der Waals surface area contributed by atoms with E-state index in [2.05, 4.69) is 26.1 Å². The fourth-order valence-electron chi connectivity index (χ4n) is 2.35. The van der Waals surface area contributed by atoms with E-state index in [1.54, 1.807) is 0 Å². The molecule has 1 aromatic rings. The summed E-state index contributed by atoms with van der Waals surface area (Å²) in [6.07, 6.45) is 5.07. The summed E-state index contributed by atoms with van der Waals surface area (Å²) in [6.45, 7) is 6.33. The third-order valence-electron chi connectivity index (χ3n) is 3.47. The Bertz CT molecular complexity index is 408.